The number of nitrogens with zero attached hydrogens (tertiary/aromatic N) is 2. The number of halogens is 1. The molecule has 2 heterocycles. The third-order valence-corrected chi connectivity index (χ3v) is 7.20. The molecular weight excluding hydrogens is 617 g/mol. The van der Waals surface area contributed by atoms with Crippen LogP contribution in [0.15, 0.2) is 30.3 Å². The first-order chi connectivity index (χ1) is 22.2. The molecule has 2 aromatic rings. The minimum atomic E-state index is -0.730. The van der Waals surface area contributed by atoms with E-state index >= 15 is 0 Å². The van der Waals surface area contributed by atoms with E-state index in [-0.39, 0.29) is 23.6 Å². The van der Waals surface area contributed by atoms with Crippen molar-refractivity contribution < 1.29 is 33.0 Å². The first-order valence-corrected chi connectivity index (χ1v) is 16.6. The fourth-order valence-corrected chi connectivity index (χ4v) is 5.40. The maximum Gasteiger partial charge on any atom is 0.413 e. The van der Waals surface area contributed by atoms with Crippen LogP contribution in [-0.4, -0.2) is 83.6 Å². The number of nitrogens with one attached hydrogen (secondary N) is 3. The summed E-state index contributed by atoms with van der Waals surface area (Å²) in [5.74, 6) is -0.830. The topological polar surface area (TPSA) is 131 Å². The molecule has 2 unspecified atom stereocenters. The van der Waals surface area contributed by atoms with E-state index in [1.807, 2.05) is 33.8 Å². The summed E-state index contributed by atoms with van der Waals surface area (Å²) in [6, 6.07) is 8.33. The number of anilines is 1. The van der Waals surface area contributed by atoms with Crippen LogP contribution in [0.4, 0.5) is 19.8 Å². The maximum atomic E-state index is 14.6. The number of hydrogen-bond donors (Lipinski definition) is 3. The lowest BCUT2D eigenvalue weighted by Gasteiger charge is -2.24. The normalized spacial score (nSPS) is 16.9. The summed E-state index contributed by atoms with van der Waals surface area (Å²) >= 11 is 0. The van der Waals surface area contributed by atoms with Gasteiger partial charge in [0.2, 0.25) is 0 Å². The number of hydrogen-bond acceptors (Lipinski definition) is 9. The Morgan fingerprint density at radius 3 is 2.21 bits per heavy atom. The van der Waals surface area contributed by atoms with Crippen LogP contribution >= 0.6 is 0 Å². The van der Waals surface area contributed by atoms with Gasteiger partial charge in [-0.05, 0) is 124 Å². The zero-order valence-electron chi connectivity index (χ0n) is 30.2. The summed E-state index contributed by atoms with van der Waals surface area (Å²) in [6.45, 7) is 20.8. The average Bonchev–Trinajstić information content (AvgIpc) is 3.29. The molecule has 2 atom stereocenters. The Balaban J connectivity index is 1.63. The zero-order valence-corrected chi connectivity index (χ0v) is 30.2. The van der Waals surface area contributed by atoms with Crippen LogP contribution in [0.3, 0.4) is 0 Å². The van der Waals surface area contributed by atoms with E-state index in [1.165, 1.54) is 6.07 Å². The zero-order chi connectivity index (χ0) is 35.9. The van der Waals surface area contributed by atoms with Gasteiger partial charge in [-0.2, -0.15) is 0 Å². The van der Waals surface area contributed by atoms with Crippen LogP contribution in [-0.2, 0) is 27.1 Å². The van der Waals surface area contributed by atoms with Gasteiger partial charge in [0, 0.05) is 37.9 Å². The summed E-state index contributed by atoms with van der Waals surface area (Å²) in [5, 5.41) is 9.68. The molecule has 1 aromatic heterocycles. The molecule has 1 aromatic carbocycles. The largest absolute Gasteiger partial charge is 0.456 e. The van der Waals surface area contributed by atoms with Crippen molar-refractivity contribution in [2.24, 2.45) is 5.92 Å². The molecule has 0 aliphatic carbocycles. The van der Waals surface area contributed by atoms with E-state index in [0.29, 0.717) is 56.9 Å². The summed E-state index contributed by atoms with van der Waals surface area (Å²) in [4.78, 5) is 44.5. The molecule has 1 aliphatic heterocycles. The SMILES string of the molecule is Cc1cc(CC2CN(C(=O)OC(C)(C)C)CC2NCCNCCc2cccc(F)c2C(=O)OC(C)(C)C)nc(NC(=O)OC(C)(C)C)c1. The van der Waals surface area contributed by atoms with E-state index in [2.05, 4.69) is 20.9 Å². The second-order valence-corrected chi connectivity index (χ2v) is 15.3. The van der Waals surface area contributed by atoms with Gasteiger partial charge in [0.25, 0.3) is 0 Å². The van der Waals surface area contributed by atoms with Crippen LogP contribution in [0.2, 0.25) is 0 Å². The Labute approximate surface area is 284 Å². The quantitative estimate of drug-likeness (QED) is 0.149. The molecule has 0 radical (unpaired) electrons. The highest BCUT2D eigenvalue weighted by Crippen LogP contribution is 2.25. The second kappa shape index (κ2) is 16.1. The number of pyridine rings is 1. The highest BCUT2D eigenvalue weighted by Gasteiger charge is 2.37. The molecule has 1 saturated heterocycles. The summed E-state index contributed by atoms with van der Waals surface area (Å²) in [5.41, 5.74) is 0.298. The van der Waals surface area contributed by atoms with Crippen molar-refractivity contribution in [2.45, 2.75) is 105 Å². The van der Waals surface area contributed by atoms with Gasteiger partial charge in [-0.1, -0.05) is 12.1 Å². The van der Waals surface area contributed by atoms with Gasteiger partial charge in [-0.25, -0.2) is 23.8 Å². The number of benzene rings is 1. The summed E-state index contributed by atoms with van der Waals surface area (Å²) < 4.78 is 31.1. The molecule has 48 heavy (non-hydrogen) atoms. The van der Waals surface area contributed by atoms with Gasteiger partial charge >= 0.3 is 18.2 Å². The van der Waals surface area contributed by atoms with Crippen LogP contribution in [0, 0.1) is 18.7 Å². The number of carbonyl (C=O) groups is 3. The van der Waals surface area contributed by atoms with Crippen LogP contribution in [0.5, 0.6) is 0 Å². The lowest BCUT2D eigenvalue weighted by Crippen LogP contribution is -2.42. The fraction of sp³-hybridized carbons (Fsp3) is 0.611. The Morgan fingerprint density at radius 2 is 1.56 bits per heavy atom. The molecule has 266 valence electrons. The summed E-state index contributed by atoms with van der Waals surface area (Å²) in [6.07, 6.45) is 0.0790. The van der Waals surface area contributed by atoms with Crippen molar-refractivity contribution in [3.05, 3.63) is 58.5 Å². The van der Waals surface area contributed by atoms with Crippen molar-refractivity contribution in [1.82, 2.24) is 20.5 Å². The standard InChI is InChI=1S/C36H54FN5O6/c1-23-18-26(40-29(19-23)41-32(44)47-35(5,6)7)20-25-21-42(33(45)48-36(8,9)10)22-28(25)39-17-16-38-15-14-24-12-11-13-27(37)30(24)31(43)46-34(2,3)4/h11-13,18-19,25,28,38-39H,14-17,20-22H2,1-10H3,(H,40,41,44). The predicted molar refractivity (Wildman–Crippen MR) is 184 cm³/mol. The molecule has 3 N–H and O–H groups in total. The molecule has 12 heteroatoms. The Morgan fingerprint density at radius 1 is 0.896 bits per heavy atom. The van der Waals surface area contributed by atoms with Crippen LogP contribution in [0.1, 0.15) is 89.5 Å². The van der Waals surface area contributed by atoms with Gasteiger partial charge in [0.05, 0.1) is 5.56 Å². The number of amides is 2. The molecule has 1 aliphatic rings. The van der Waals surface area contributed by atoms with Gasteiger partial charge < -0.3 is 29.7 Å². The molecule has 0 bridgehead atoms. The number of carbonyl (C=O) groups excluding carboxylic acids is 3. The third-order valence-electron chi connectivity index (χ3n) is 7.20. The molecule has 0 saturated carbocycles. The number of likely N-dealkylation sites (tertiary alicyclic amines) is 1. The van der Waals surface area contributed by atoms with Gasteiger partial charge in [-0.3, -0.25) is 5.32 Å². The number of ether oxygens (including phenoxy) is 3. The first-order valence-electron chi connectivity index (χ1n) is 16.6. The minimum Gasteiger partial charge on any atom is -0.456 e. The van der Waals surface area contributed by atoms with E-state index in [9.17, 15) is 18.8 Å². The molecular formula is C36H54FN5O6. The molecule has 2 amide bonds. The summed E-state index contributed by atoms with van der Waals surface area (Å²) in [7, 11) is 0. The van der Waals surface area contributed by atoms with E-state index in [1.54, 1.807) is 64.6 Å². The number of esters is 1. The third kappa shape index (κ3) is 13.0. The van der Waals surface area contributed by atoms with Crippen LogP contribution < -0.4 is 16.0 Å². The smallest absolute Gasteiger partial charge is 0.413 e. The van der Waals surface area contributed by atoms with Crippen molar-refractivity contribution in [1.29, 1.82) is 0 Å². The number of aryl methyl sites for hydroxylation is 1. The van der Waals surface area contributed by atoms with E-state index < -0.39 is 34.7 Å². The number of rotatable bonds is 11. The van der Waals surface area contributed by atoms with Crippen molar-refractivity contribution in [3.63, 3.8) is 0 Å². The molecule has 11 nitrogen and oxygen atoms in total. The maximum absolute atomic E-state index is 14.6. The highest BCUT2D eigenvalue weighted by atomic mass is 19.1. The lowest BCUT2D eigenvalue weighted by molar-refractivity contribution is 0.00626. The van der Waals surface area contributed by atoms with Gasteiger partial charge in [0.15, 0.2) is 0 Å². The van der Waals surface area contributed by atoms with E-state index in [4.69, 9.17) is 14.2 Å². The molecule has 3 rings (SSSR count). The Bertz CT molecular complexity index is 1430. The van der Waals surface area contributed by atoms with Crippen molar-refractivity contribution >= 4 is 24.0 Å². The minimum absolute atomic E-state index is 0.0300. The first kappa shape index (κ1) is 38.7. The number of aromatic nitrogens is 1. The highest BCUT2D eigenvalue weighted by molar-refractivity contribution is 5.91. The lowest BCUT2D eigenvalue weighted by atomic mass is 9.97. The van der Waals surface area contributed by atoms with Crippen molar-refractivity contribution in [2.75, 3.05) is 38.0 Å². The monoisotopic (exact) mass is 671 g/mol. The van der Waals surface area contributed by atoms with Gasteiger partial charge in [-0.15, -0.1) is 0 Å². The van der Waals surface area contributed by atoms with Crippen molar-refractivity contribution in [3.8, 4) is 0 Å². The van der Waals surface area contributed by atoms with E-state index in [0.717, 1.165) is 11.3 Å². The van der Waals surface area contributed by atoms with Crippen LogP contribution in [0.25, 0.3) is 0 Å². The fourth-order valence-electron chi connectivity index (χ4n) is 5.40. The van der Waals surface area contributed by atoms with Gasteiger partial charge in [0.1, 0.15) is 28.4 Å². The second-order valence-electron chi connectivity index (χ2n) is 15.3. The average molecular weight is 672 g/mol. The molecule has 1 fully saturated rings. The Kier molecular flexibility index (Phi) is 13.0. The molecule has 0 spiro atoms. The Hall–Kier alpha value is -3.77. The predicted octanol–water partition coefficient (Wildman–Crippen LogP) is 6.03.